The third-order valence-corrected chi connectivity index (χ3v) is 3.47. The quantitative estimate of drug-likeness (QED) is 0.849. The van der Waals surface area contributed by atoms with Gasteiger partial charge in [0, 0.05) is 32.0 Å². The van der Waals surface area contributed by atoms with E-state index in [0.717, 1.165) is 23.2 Å². The molecule has 1 aromatic rings. The Bertz CT molecular complexity index is 428. The number of halogens is 1. The number of ether oxygens (including phenoxy) is 1. The molecule has 1 aliphatic heterocycles. The van der Waals surface area contributed by atoms with E-state index in [1.54, 1.807) is 12.4 Å². The highest BCUT2D eigenvalue weighted by atomic mass is 79.9. The van der Waals surface area contributed by atoms with Crippen molar-refractivity contribution >= 4 is 27.6 Å². The van der Waals surface area contributed by atoms with Crippen LogP contribution < -0.4 is 10.2 Å². The van der Waals surface area contributed by atoms with Crippen molar-refractivity contribution in [2.24, 2.45) is 0 Å². The Morgan fingerprint density at radius 2 is 2.56 bits per heavy atom. The molecule has 1 N–H and O–H groups in total. The lowest BCUT2D eigenvalue weighted by Crippen LogP contribution is -2.55. The molecular formula is C12H16BrN3O2. The number of rotatable bonds is 3. The first-order valence-corrected chi connectivity index (χ1v) is 6.77. The van der Waals surface area contributed by atoms with E-state index in [9.17, 15) is 4.79 Å². The number of carbonyl (C=O) groups is 1. The molecule has 18 heavy (non-hydrogen) atoms. The van der Waals surface area contributed by atoms with Crippen molar-refractivity contribution in [3.05, 3.63) is 22.9 Å². The van der Waals surface area contributed by atoms with Crippen molar-refractivity contribution in [3.63, 3.8) is 0 Å². The second kappa shape index (κ2) is 6.15. The van der Waals surface area contributed by atoms with Crippen LogP contribution in [0.15, 0.2) is 22.9 Å². The number of pyridine rings is 1. The van der Waals surface area contributed by atoms with Gasteiger partial charge in [-0.3, -0.25) is 4.98 Å². The van der Waals surface area contributed by atoms with Gasteiger partial charge >= 0.3 is 5.97 Å². The number of carbonyl (C=O) groups excluding carboxylic acids is 1. The highest BCUT2D eigenvalue weighted by Gasteiger charge is 2.30. The fraction of sp³-hybridized carbons (Fsp3) is 0.500. The van der Waals surface area contributed by atoms with Crippen LogP contribution in [-0.4, -0.2) is 43.2 Å². The van der Waals surface area contributed by atoms with E-state index in [0.29, 0.717) is 13.2 Å². The van der Waals surface area contributed by atoms with Gasteiger partial charge in [0.15, 0.2) is 0 Å². The predicted molar refractivity (Wildman–Crippen MR) is 72.6 cm³/mol. The minimum absolute atomic E-state index is 0.187. The third kappa shape index (κ3) is 2.81. The molecule has 1 atom stereocenters. The van der Waals surface area contributed by atoms with Crippen LogP contribution in [0.2, 0.25) is 0 Å². The summed E-state index contributed by atoms with van der Waals surface area (Å²) in [5.74, 6) is -0.187. The number of piperazine rings is 1. The summed E-state index contributed by atoms with van der Waals surface area (Å²) < 4.78 is 6.01. The largest absolute Gasteiger partial charge is 0.464 e. The molecule has 2 heterocycles. The first kappa shape index (κ1) is 13.3. The number of nitrogens with zero attached hydrogens (tertiary/aromatic N) is 2. The topological polar surface area (TPSA) is 54.5 Å². The Hall–Kier alpha value is -1.14. The van der Waals surface area contributed by atoms with Gasteiger partial charge in [-0.05, 0) is 28.9 Å². The zero-order valence-electron chi connectivity index (χ0n) is 10.2. The summed E-state index contributed by atoms with van der Waals surface area (Å²) >= 11 is 3.47. The van der Waals surface area contributed by atoms with Gasteiger partial charge in [-0.15, -0.1) is 0 Å². The van der Waals surface area contributed by atoms with Crippen LogP contribution >= 0.6 is 15.9 Å². The summed E-state index contributed by atoms with van der Waals surface area (Å²) in [5, 5.41) is 3.22. The molecule has 2 rings (SSSR count). The molecule has 1 aromatic heterocycles. The molecule has 98 valence electrons. The summed E-state index contributed by atoms with van der Waals surface area (Å²) in [5.41, 5.74) is 0.976. The van der Waals surface area contributed by atoms with Crippen molar-refractivity contribution in [3.8, 4) is 0 Å². The molecule has 0 aliphatic carbocycles. The van der Waals surface area contributed by atoms with Gasteiger partial charge in [-0.1, -0.05) is 0 Å². The van der Waals surface area contributed by atoms with E-state index in [4.69, 9.17) is 4.74 Å². The molecule has 0 aromatic carbocycles. The van der Waals surface area contributed by atoms with Crippen molar-refractivity contribution in [2.75, 3.05) is 31.1 Å². The van der Waals surface area contributed by atoms with Crippen LogP contribution in [0, 0.1) is 0 Å². The van der Waals surface area contributed by atoms with Gasteiger partial charge in [0.25, 0.3) is 0 Å². The van der Waals surface area contributed by atoms with E-state index in [-0.39, 0.29) is 12.0 Å². The average molecular weight is 314 g/mol. The molecule has 1 unspecified atom stereocenters. The highest BCUT2D eigenvalue weighted by molar-refractivity contribution is 9.10. The summed E-state index contributed by atoms with van der Waals surface area (Å²) in [7, 11) is 0. The lowest BCUT2D eigenvalue weighted by atomic mass is 10.1. The number of anilines is 1. The Morgan fingerprint density at radius 1 is 1.72 bits per heavy atom. The molecule has 6 heteroatoms. The second-order valence-corrected chi connectivity index (χ2v) is 4.85. The normalized spacial score (nSPS) is 19.7. The molecule has 0 amide bonds. The van der Waals surface area contributed by atoms with Crippen LogP contribution in [0.4, 0.5) is 5.69 Å². The van der Waals surface area contributed by atoms with Gasteiger partial charge in [0.2, 0.25) is 0 Å². The molecule has 0 radical (unpaired) electrons. The first-order chi connectivity index (χ1) is 8.74. The summed E-state index contributed by atoms with van der Waals surface area (Å²) in [6, 6.07) is 1.62. The predicted octanol–water partition coefficient (Wildman–Crippen LogP) is 1.19. The van der Waals surface area contributed by atoms with Gasteiger partial charge in [-0.2, -0.15) is 0 Å². The summed E-state index contributed by atoms with van der Waals surface area (Å²) in [6.45, 7) is 4.45. The zero-order valence-corrected chi connectivity index (χ0v) is 11.8. The molecular weight excluding hydrogens is 298 g/mol. The van der Waals surface area contributed by atoms with E-state index in [1.165, 1.54) is 0 Å². The number of aromatic nitrogens is 1. The Labute approximate surface area is 115 Å². The first-order valence-electron chi connectivity index (χ1n) is 5.97. The Morgan fingerprint density at radius 3 is 3.28 bits per heavy atom. The SMILES string of the molecule is CCOC(=O)C1CNCCN1c1ccncc1Br. The monoisotopic (exact) mass is 313 g/mol. The molecule has 0 bridgehead atoms. The maximum Gasteiger partial charge on any atom is 0.330 e. The lowest BCUT2D eigenvalue weighted by Gasteiger charge is -2.36. The van der Waals surface area contributed by atoms with Crippen molar-refractivity contribution in [1.82, 2.24) is 10.3 Å². The van der Waals surface area contributed by atoms with E-state index < -0.39 is 0 Å². The highest BCUT2D eigenvalue weighted by Crippen LogP contribution is 2.27. The fourth-order valence-corrected chi connectivity index (χ4v) is 2.52. The standard InChI is InChI=1S/C12H16BrN3O2/c1-2-18-12(17)11-8-15-5-6-16(11)10-3-4-14-7-9(10)13/h3-4,7,11,15H,2,5-6,8H2,1H3. The van der Waals surface area contributed by atoms with Gasteiger partial charge in [0.05, 0.1) is 16.8 Å². The minimum Gasteiger partial charge on any atom is -0.464 e. The van der Waals surface area contributed by atoms with Crippen LogP contribution in [0.1, 0.15) is 6.92 Å². The van der Waals surface area contributed by atoms with Gasteiger partial charge < -0.3 is 15.0 Å². The Kier molecular flexibility index (Phi) is 4.54. The van der Waals surface area contributed by atoms with E-state index >= 15 is 0 Å². The number of esters is 1. The fourth-order valence-electron chi connectivity index (χ4n) is 2.04. The van der Waals surface area contributed by atoms with Crippen molar-refractivity contribution in [2.45, 2.75) is 13.0 Å². The molecule has 1 saturated heterocycles. The second-order valence-electron chi connectivity index (χ2n) is 3.99. The number of hydrogen-bond acceptors (Lipinski definition) is 5. The van der Waals surface area contributed by atoms with Gasteiger partial charge in [0.1, 0.15) is 6.04 Å². The molecule has 1 aliphatic rings. The third-order valence-electron chi connectivity index (χ3n) is 2.86. The van der Waals surface area contributed by atoms with E-state index in [2.05, 4.69) is 31.1 Å². The number of nitrogens with one attached hydrogen (secondary N) is 1. The molecule has 1 fully saturated rings. The lowest BCUT2D eigenvalue weighted by molar-refractivity contribution is -0.144. The summed E-state index contributed by atoms with van der Waals surface area (Å²) in [6.07, 6.45) is 3.46. The Balaban J connectivity index is 2.23. The maximum absolute atomic E-state index is 12.0. The molecule has 0 spiro atoms. The maximum atomic E-state index is 12.0. The van der Waals surface area contributed by atoms with Crippen LogP contribution in [0.3, 0.4) is 0 Å². The van der Waals surface area contributed by atoms with Crippen molar-refractivity contribution in [1.29, 1.82) is 0 Å². The van der Waals surface area contributed by atoms with Crippen LogP contribution in [-0.2, 0) is 9.53 Å². The molecule has 0 saturated carbocycles. The summed E-state index contributed by atoms with van der Waals surface area (Å²) in [4.78, 5) is 18.1. The zero-order chi connectivity index (χ0) is 13.0. The van der Waals surface area contributed by atoms with Gasteiger partial charge in [-0.25, -0.2) is 4.79 Å². The number of hydrogen-bond donors (Lipinski definition) is 1. The molecule has 5 nitrogen and oxygen atoms in total. The minimum atomic E-state index is -0.280. The van der Waals surface area contributed by atoms with E-state index in [1.807, 2.05) is 13.0 Å². The smallest absolute Gasteiger partial charge is 0.330 e. The average Bonchev–Trinajstić information content (AvgIpc) is 2.40. The van der Waals surface area contributed by atoms with Crippen LogP contribution in [0.5, 0.6) is 0 Å². The van der Waals surface area contributed by atoms with Crippen molar-refractivity contribution < 1.29 is 9.53 Å². The van der Waals surface area contributed by atoms with Crippen LogP contribution in [0.25, 0.3) is 0 Å².